The monoisotopic (exact) mass is 230 g/mol. The van der Waals surface area contributed by atoms with Crippen molar-refractivity contribution >= 4 is 0 Å². The number of aryl methyl sites for hydroxylation is 1. The average molecular weight is 230 g/mol. The first-order valence-corrected chi connectivity index (χ1v) is 6.15. The SMILES string of the molecule is C=C(C)[C@H](O)[C@H](C)/C=C\CCc1ccccc1. The van der Waals surface area contributed by atoms with Crippen LogP contribution in [0.2, 0.25) is 0 Å². The van der Waals surface area contributed by atoms with Crippen LogP contribution >= 0.6 is 0 Å². The molecule has 0 aliphatic rings. The minimum Gasteiger partial charge on any atom is -0.388 e. The van der Waals surface area contributed by atoms with Crippen molar-refractivity contribution in [1.82, 2.24) is 0 Å². The highest BCUT2D eigenvalue weighted by Crippen LogP contribution is 2.12. The van der Waals surface area contributed by atoms with E-state index >= 15 is 0 Å². The van der Waals surface area contributed by atoms with Crippen LogP contribution in [0.3, 0.4) is 0 Å². The van der Waals surface area contributed by atoms with Gasteiger partial charge in [-0.1, -0.05) is 61.6 Å². The molecule has 0 unspecified atom stereocenters. The van der Waals surface area contributed by atoms with Gasteiger partial charge < -0.3 is 5.11 Å². The Labute approximate surface area is 104 Å². The Hall–Kier alpha value is -1.34. The van der Waals surface area contributed by atoms with Crippen LogP contribution in [0.15, 0.2) is 54.6 Å². The molecule has 0 saturated carbocycles. The zero-order valence-corrected chi connectivity index (χ0v) is 10.8. The predicted molar refractivity (Wildman–Crippen MR) is 73.9 cm³/mol. The van der Waals surface area contributed by atoms with E-state index in [1.165, 1.54) is 5.56 Å². The van der Waals surface area contributed by atoms with Crippen molar-refractivity contribution in [2.45, 2.75) is 32.8 Å². The second-order valence-electron chi connectivity index (χ2n) is 4.60. The van der Waals surface area contributed by atoms with Gasteiger partial charge in [-0.3, -0.25) is 0 Å². The lowest BCUT2D eigenvalue weighted by atomic mass is 9.98. The van der Waals surface area contributed by atoms with Crippen LogP contribution in [-0.4, -0.2) is 11.2 Å². The molecule has 0 heterocycles. The summed E-state index contributed by atoms with van der Waals surface area (Å²) in [6.45, 7) is 7.64. The molecule has 0 aliphatic carbocycles. The summed E-state index contributed by atoms with van der Waals surface area (Å²) in [7, 11) is 0. The van der Waals surface area contributed by atoms with E-state index in [4.69, 9.17) is 0 Å². The van der Waals surface area contributed by atoms with Crippen molar-refractivity contribution < 1.29 is 5.11 Å². The summed E-state index contributed by atoms with van der Waals surface area (Å²) < 4.78 is 0. The van der Waals surface area contributed by atoms with Crippen LogP contribution in [-0.2, 0) is 6.42 Å². The Morgan fingerprint density at radius 2 is 2.00 bits per heavy atom. The van der Waals surface area contributed by atoms with Crippen LogP contribution in [0.25, 0.3) is 0 Å². The number of hydrogen-bond acceptors (Lipinski definition) is 1. The molecule has 17 heavy (non-hydrogen) atoms. The van der Waals surface area contributed by atoms with Gasteiger partial charge in [-0.05, 0) is 25.3 Å². The zero-order chi connectivity index (χ0) is 12.7. The number of aliphatic hydroxyl groups is 1. The normalized spacial score (nSPS) is 14.8. The van der Waals surface area contributed by atoms with Gasteiger partial charge in [0.15, 0.2) is 0 Å². The largest absolute Gasteiger partial charge is 0.388 e. The van der Waals surface area contributed by atoms with Crippen LogP contribution in [0, 0.1) is 5.92 Å². The lowest BCUT2D eigenvalue weighted by Gasteiger charge is -2.14. The molecule has 2 atom stereocenters. The molecule has 0 fully saturated rings. The van der Waals surface area contributed by atoms with Crippen LogP contribution < -0.4 is 0 Å². The van der Waals surface area contributed by atoms with Crippen molar-refractivity contribution in [3.05, 3.63) is 60.2 Å². The highest BCUT2D eigenvalue weighted by Gasteiger charge is 2.10. The Kier molecular flexibility index (Phi) is 5.71. The minimum absolute atomic E-state index is 0.142. The van der Waals surface area contributed by atoms with Crippen molar-refractivity contribution in [3.63, 3.8) is 0 Å². The van der Waals surface area contributed by atoms with Crippen LogP contribution in [0.1, 0.15) is 25.8 Å². The summed E-state index contributed by atoms with van der Waals surface area (Å²) in [6, 6.07) is 10.4. The molecular weight excluding hydrogens is 208 g/mol. The molecule has 0 spiro atoms. The fraction of sp³-hybridized carbons (Fsp3) is 0.375. The molecule has 1 aromatic rings. The molecule has 1 heteroatoms. The smallest absolute Gasteiger partial charge is 0.0804 e. The third-order valence-corrected chi connectivity index (χ3v) is 2.89. The zero-order valence-electron chi connectivity index (χ0n) is 10.8. The van der Waals surface area contributed by atoms with Crippen molar-refractivity contribution in [3.8, 4) is 0 Å². The molecule has 0 aromatic heterocycles. The van der Waals surface area contributed by atoms with Gasteiger partial charge in [0.05, 0.1) is 6.10 Å². The highest BCUT2D eigenvalue weighted by molar-refractivity contribution is 5.15. The van der Waals surface area contributed by atoms with Gasteiger partial charge in [0, 0.05) is 5.92 Å². The van der Waals surface area contributed by atoms with Crippen LogP contribution in [0.5, 0.6) is 0 Å². The first-order valence-electron chi connectivity index (χ1n) is 6.15. The Morgan fingerprint density at radius 3 is 2.59 bits per heavy atom. The molecule has 0 aliphatic heterocycles. The molecule has 0 saturated heterocycles. The molecule has 0 radical (unpaired) electrons. The summed E-state index contributed by atoms with van der Waals surface area (Å²) in [5.41, 5.74) is 2.18. The summed E-state index contributed by atoms with van der Waals surface area (Å²) in [6.07, 6.45) is 5.85. The first-order chi connectivity index (χ1) is 8.11. The minimum atomic E-state index is -0.428. The van der Waals surface area contributed by atoms with E-state index in [1.54, 1.807) is 0 Å². The second kappa shape index (κ2) is 7.08. The number of allylic oxidation sites excluding steroid dienone is 1. The third-order valence-electron chi connectivity index (χ3n) is 2.89. The Bertz CT molecular complexity index is 364. The number of hydrogen-bond donors (Lipinski definition) is 1. The summed E-state index contributed by atoms with van der Waals surface area (Å²) in [5.74, 6) is 0.142. The maximum atomic E-state index is 9.76. The fourth-order valence-corrected chi connectivity index (χ4v) is 1.76. The molecule has 1 aromatic carbocycles. The highest BCUT2D eigenvalue weighted by atomic mass is 16.3. The summed E-state index contributed by atoms with van der Waals surface area (Å²) in [4.78, 5) is 0. The fourth-order valence-electron chi connectivity index (χ4n) is 1.76. The first kappa shape index (κ1) is 13.7. The summed E-state index contributed by atoms with van der Waals surface area (Å²) in [5, 5.41) is 9.76. The van der Waals surface area contributed by atoms with Crippen molar-refractivity contribution in [2.75, 3.05) is 0 Å². The lowest BCUT2D eigenvalue weighted by Crippen LogP contribution is -2.16. The average Bonchev–Trinajstić information content (AvgIpc) is 2.34. The van der Waals surface area contributed by atoms with E-state index in [-0.39, 0.29) is 5.92 Å². The molecule has 0 bridgehead atoms. The number of aliphatic hydroxyl groups excluding tert-OH is 1. The van der Waals surface area contributed by atoms with E-state index < -0.39 is 6.10 Å². The maximum Gasteiger partial charge on any atom is 0.0804 e. The lowest BCUT2D eigenvalue weighted by molar-refractivity contribution is 0.173. The van der Waals surface area contributed by atoms with Crippen molar-refractivity contribution in [2.24, 2.45) is 5.92 Å². The van der Waals surface area contributed by atoms with E-state index in [1.807, 2.05) is 19.9 Å². The number of rotatable bonds is 6. The van der Waals surface area contributed by atoms with Crippen molar-refractivity contribution in [1.29, 1.82) is 0 Å². The third kappa shape index (κ3) is 5.01. The molecular formula is C16H22O. The summed E-state index contributed by atoms with van der Waals surface area (Å²) >= 11 is 0. The molecule has 1 N–H and O–H groups in total. The van der Waals surface area contributed by atoms with Gasteiger partial charge in [0.2, 0.25) is 0 Å². The standard InChI is InChI=1S/C16H22O/c1-13(2)16(17)14(3)9-7-8-12-15-10-5-4-6-11-15/h4-7,9-11,14,16-17H,1,8,12H2,2-3H3/b9-7-/t14-,16+/m1/s1. The Balaban J connectivity index is 2.33. The van der Waals surface area contributed by atoms with Crippen LogP contribution in [0.4, 0.5) is 0 Å². The second-order valence-corrected chi connectivity index (χ2v) is 4.60. The van der Waals surface area contributed by atoms with Gasteiger partial charge in [0.25, 0.3) is 0 Å². The van der Waals surface area contributed by atoms with Gasteiger partial charge in [-0.25, -0.2) is 0 Å². The Morgan fingerprint density at radius 1 is 1.35 bits per heavy atom. The molecule has 1 nitrogen and oxygen atoms in total. The van der Waals surface area contributed by atoms with Gasteiger partial charge in [-0.15, -0.1) is 0 Å². The van der Waals surface area contributed by atoms with E-state index in [9.17, 15) is 5.11 Å². The molecule has 1 rings (SSSR count). The quantitative estimate of drug-likeness (QED) is 0.738. The molecule has 0 amide bonds. The van der Waals surface area contributed by atoms with E-state index in [2.05, 4.69) is 43.0 Å². The van der Waals surface area contributed by atoms with E-state index in [0.29, 0.717) is 0 Å². The topological polar surface area (TPSA) is 20.2 Å². The maximum absolute atomic E-state index is 9.76. The van der Waals surface area contributed by atoms with Gasteiger partial charge in [-0.2, -0.15) is 0 Å². The molecule has 92 valence electrons. The van der Waals surface area contributed by atoms with Gasteiger partial charge in [0.1, 0.15) is 0 Å². The number of benzene rings is 1. The van der Waals surface area contributed by atoms with E-state index in [0.717, 1.165) is 18.4 Å². The van der Waals surface area contributed by atoms with Gasteiger partial charge >= 0.3 is 0 Å². The predicted octanol–water partition coefficient (Wildman–Crippen LogP) is 3.75.